The van der Waals surface area contributed by atoms with E-state index in [4.69, 9.17) is 4.74 Å². The third-order valence-electron chi connectivity index (χ3n) is 4.14. The number of carbonyl (C=O) groups is 3. The second-order valence-corrected chi connectivity index (χ2v) is 7.39. The minimum atomic E-state index is -0.545. The number of benzene rings is 1. The Morgan fingerprint density at radius 2 is 2.12 bits per heavy atom. The number of fused-ring (bicyclic) bond motifs is 1. The van der Waals surface area contributed by atoms with Crippen LogP contribution in [0.3, 0.4) is 0 Å². The van der Waals surface area contributed by atoms with E-state index in [1.165, 1.54) is 11.8 Å². The van der Waals surface area contributed by atoms with Crippen LogP contribution in [0.1, 0.15) is 26.2 Å². The molecule has 1 saturated carbocycles. The molecule has 0 unspecified atom stereocenters. The van der Waals surface area contributed by atoms with Gasteiger partial charge < -0.3 is 15.4 Å². The summed E-state index contributed by atoms with van der Waals surface area (Å²) in [5.74, 6) is -0.514. The lowest BCUT2D eigenvalue weighted by molar-refractivity contribution is -0.149. The first kappa shape index (κ1) is 16.8. The number of esters is 1. The van der Waals surface area contributed by atoms with Crippen molar-refractivity contribution >= 4 is 35.2 Å². The van der Waals surface area contributed by atoms with Crippen LogP contribution in [0.2, 0.25) is 0 Å². The van der Waals surface area contributed by atoms with E-state index in [1.54, 1.807) is 0 Å². The van der Waals surface area contributed by atoms with Gasteiger partial charge >= 0.3 is 5.97 Å². The summed E-state index contributed by atoms with van der Waals surface area (Å²) in [6.45, 7) is 1.66. The predicted molar refractivity (Wildman–Crippen MR) is 90.6 cm³/mol. The Kier molecular flexibility index (Phi) is 5.08. The fourth-order valence-corrected chi connectivity index (χ4v) is 3.69. The predicted octanol–water partition coefficient (Wildman–Crippen LogP) is 1.95. The molecule has 1 aromatic rings. The quantitative estimate of drug-likeness (QED) is 0.768. The monoisotopic (exact) mass is 348 g/mol. The van der Waals surface area contributed by atoms with Gasteiger partial charge in [0.05, 0.1) is 17.4 Å². The number of nitrogens with one attached hydrogen (secondary N) is 2. The van der Waals surface area contributed by atoms with Crippen molar-refractivity contribution in [2.45, 2.75) is 42.4 Å². The Labute approximate surface area is 144 Å². The minimum Gasteiger partial charge on any atom is -0.456 e. The Hall–Kier alpha value is -2.02. The molecule has 1 aliphatic heterocycles. The lowest BCUT2D eigenvalue weighted by Gasteiger charge is -2.23. The molecule has 1 aromatic carbocycles. The smallest absolute Gasteiger partial charge is 0.307 e. The van der Waals surface area contributed by atoms with Crippen LogP contribution < -0.4 is 10.6 Å². The molecule has 1 aliphatic carbocycles. The standard InChI is InChI=1S/C17H20N2O4S/c1-10(11-6-7-11)18-15(20)9-23-16(21)8-14-17(22)19-12-4-2-3-5-13(12)24-14/h2-5,10-11,14H,6-9H2,1H3,(H,18,20)(H,19,22)/t10-,14-/m0/s1. The van der Waals surface area contributed by atoms with E-state index in [9.17, 15) is 14.4 Å². The van der Waals surface area contributed by atoms with Crippen molar-refractivity contribution in [3.8, 4) is 0 Å². The number of anilines is 1. The van der Waals surface area contributed by atoms with E-state index >= 15 is 0 Å². The van der Waals surface area contributed by atoms with Gasteiger partial charge in [-0.2, -0.15) is 0 Å². The van der Waals surface area contributed by atoms with Crippen molar-refractivity contribution in [3.05, 3.63) is 24.3 Å². The highest BCUT2D eigenvalue weighted by molar-refractivity contribution is 8.01. The van der Waals surface area contributed by atoms with Gasteiger partial charge in [-0.1, -0.05) is 12.1 Å². The molecule has 0 spiro atoms. The summed E-state index contributed by atoms with van der Waals surface area (Å²) >= 11 is 1.34. The average Bonchev–Trinajstić information content (AvgIpc) is 3.38. The molecule has 6 nitrogen and oxygen atoms in total. The molecule has 128 valence electrons. The number of ether oxygens (including phenoxy) is 1. The molecule has 0 saturated heterocycles. The molecule has 1 fully saturated rings. The van der Waals surface area contributed by atoms with Gasteiger partial charge in [0.1, 0.15) is 0 Å². The minimum absolute atomic E-state index is 0.0592. The Balaban J connectivity index is 1.45. The first-order valence-corrected chi connectivity index (χ1v) is 8.92. The first-order valence-electron chi connectivity index (χ1n) is 8.04. The van der Waals surface area contributed by atoms with Crippen molar-refractivity contribution in [2.24, 2.45) is 5.92 Å². The molecule has 2 amide bonds. The Morgan fingerprint density at radius 3 is 2.88 bits per heavy atom. The summed E-state index contributed by atoms with van der Waals surface area (Å²) in [4.78, 5) is 36.6. The normalized spacial score (nSPS) is 20.5. The Bertz CT molecular complexity index is 660. The highest BCUT2D eigenvalue weighted by atomic mass is 32.2. The van der Waals surface area contributed by atoms with Crippen LogP contribution in [0.25, 0.3) is 0 Å². The topological polar surface area (TPSA) is 84.5 Å². The summed E-state index contributed by atoms with van der Waals surface area (Å²) < 4.78 is 5.00. The van der Waals surface area contributed by atoms with Gasteiger partial charge in [0.15, 0.2) is 6.61 Å². The molecular formula is C17H20N2O4S. The molecular weight excluding hydrogens is 328 g/mol. The number of carbonyl (C=O) groups excluding carboxylic acids is 3. The number of rotatable bonds is 6. The van der Waals surface area contributed by atoms with Gasteiger partial charge in [-0.3, -0.25) is 14.4 Å². The second-order valence-electron chi connectivity index (χ2n) is 6.15. The summed E-state index contributed by atoms with van der Waals surface area (Å²) in [7, 11) is 0. The van der Waals surface area contributed by atoms with Gasteiger partial charge in [0, 0.05) is 10.9 Å². The Morgan fingerprint density at radius 1 is 1.38 bits per heavy atom. The van der Waals surface area contributed by atoms with E-state index in [1.807, 2.05) is 31.2 Å². The molecule has 0 radical (unpaired) electrons. The highest BCUT2D eigenvalue weighted by Crippen LogP contribution is 2.36. The third-order valence-corrected chi connectivity index (χ3v) is 5.42. The van der Waals surface area contributed by atoms with Crippen LogP contribution in [0.4, 0.5) is 5.69 Å². The average molecular weight is 348 g/mol. The zero-order valence-electron chi connectivity index (χ0n) is 13.4. The lowest BCUT2D eigenvalue weighted by atomic mass is 10.2. The summed E-state index contributed by atoms with van der Waals surface area (Å²) in [5.41, 5.74) is 0.755. The maximum atomic E-state index is 12.0. The maximum Gasteiger partial charge on any atom is 0.307 e. The summed E-state index contributed by atoms with van der Waals surface area (Å²) in [5, 5.41) is 5.06. The molecule has 2 aliphatic rings. The van der Waals surface area contributed by atoms with Crippen molar-refractivity contribution in [3.63, 3.8) is 0 Å². The van der Waals surface area contributed by atoms with E-state index in [0.29, 0.717) is 5.92 Å². The van der Waals surface area contributed by atoms with Crippen LogP contribution in [0.5, 0.6) is 0 Å². The maximum absolute atomic E-state index is 12.0. The van der Waals surface area contributed by atoms with Crippen molar-refractivity contribution in [1.29, 1.82) is 0 Å². The van der Waals surface area contributed by atoms with E-state index < -0.39 is 11.2 Å². The molecule has 0 bridgehead atoms. The van der Waals surface area contributed by atoms with Crippen LogP contribution in [-0.4, -0.2) is 35.7 Å². The van der Waals surface area contributed by atoms with E-state index in [0.717, 1.165) is 23.4 Å². The zero-order valence-corrected chi connectivity index (χ0v) is 14.2. The molecule has 24 heavy (non-hydrogen) atoms. The molecule has 1 heterocycles. The number of amides is 2. The fraction of sp³-hybridized carbons (Fsp3) is 0.471. The number of thioether (sulfide) groups is 1. The summed E-state index contributed by atoms with van der Waals surface area (Å²) in [6.07, 6.45) is 2.21. The fourth-order valence-electron chi connectivity index (χ4n) is 2.59. The molecule has 3 rings (SSSR count). The zero-order chi connectivity index (χ0) is 17.1. The summed E-state index contributed by atoms with van der Waals surface area (Å²) in [6, 6.07) is 7.55. The largest absolute Gasteiger partial charge is 0.456 e. The van der Waals surface area contributed by atoms with Crippen LogP contribution in [0, 0.1) is 5.92 Å². The van der Waals surface area contributed by atoms with E-state index in [2.05, 4.69) is 10.6 Å². The van der Waals surface area contributed by atoms with Gasteiger partial charge in [0.25, 0.3) is 5.91 Å². The second kappa shape index (κ2) is 7.25. The number of hydrogen-bond acceptors (Lipinski definition) is 5. The van der Waals surface area contributed by atoms with Crippen LogP contribution in [0.15, 0.2) is 29.2 Å². The van der Waals surface area contributed by atoms with Gasteiger partial charge in [-0.25, -0.2) is 0 Å². The van der Waals surface area contributed by atoms with Crippen molar-refractivity contribution < 1.29 is 19.1 Å². The van der Waals surface area contributed by atoms with Crippen LogP contribution >= 0.6 is 11.8 Å². The van der Waals surface area contributed by atoms with E-state index in [-0.39, 0.29) is 30.9 Å². The van der Waals surface area contributed by atoms with Crippen LogP contribution in [-0.2, 0) is 19.1 Å². The molecule has 2 N–H and O–H groups in total. The van der Waals surface area contributed by atoms with Gasteiger partial charge in [-0.05, 0) is 37.8 Å². The van der Waals surface area contributed by atoms with Gasteiger partial charge in [-0.15, -0.1) is 11.8 Å². The van der Waals surface area contributed by atoms with Gasteiger partial charge in [0.2, 0.25) is 5.91 Å². The number of para-hydroxylation sites is 1. The molecule has 2 atom stereocenters. The third kappa shape index (κ3) is 4.29. The van der Waals surface area contributed by atoms with Crippen molar-refractivity contribution in [2.75, 3.05) is 11.9 Å². The molecule has 7 heteroatoms. The number of hydrogen-bond donors (Lipinski definition) is 2. The highest BCUT2D eigenvalue weighted by Gasteiger charge is 2.30. The first-order chi connectivity index (χ1) is 11.5. The molecule has 0 aromatic heterocycles. The van der Waals surface area contributed by atoms with Crippen molar-refractivity contribution in [1.82, 2.24) is 5.32 Å². The lowest BCUT2D eigenvalue weighted by Crippen LogP contribution is -2.37. The SMILES string of the molecule is C[C@H](NC(=O)COC(=O)C[C@@H]1Sc2ccccc2NC1=O)C1CC1.